The molecule has 1 aromatic rings. The van der Waals surface area contributed by atoms with E-state index in [1.54, 1.807) is 19.4 Å². The predicted molar refractivity (Wildman–Crippen MR) is 69.0 cm³/mol. The van der Waals surface area contributed by atoms with Crippen LogP contribution in [0.4, 0.5) is 5.82 Å². The number of hydrogen-bond donors (Lipinski definition) is 2. The summed E-state index contributed by atoms with van der Waals surface area (Å²) in [5.41, 5.74) is 6.11. The highest BCUT2D eigenvalue weighted by Crippen LogP contribution is 2.19. The lowest BCUT2D eigenvalue weighted by atomic mass is 10.1. The third kappa shape index (κ3) is 2.70. The first-order valence-corrected chi connectivity index (χ1v) is 5.96. The highest BCUT2D eigenvalue weighted by atomic mass is 16.5. The molecule has 1 aliphatic rings. The van der Waals surface area contributed by atoms with Crippen LogP contribution >= 0.6 is 0 Å². The van der Waals surface area contributed by atoms with Crippen LogP contribution in [0, 0.1) is 0 Å². The molecule has 0 spiro atoms. The predicted octanol–water partition coefficient (Wildman–Crippen LogP) is 0.791. The van der Waals surface area contributed by atoms with E-state index in [1.165, 1.54) is 0 Å². The average molecular weight is 250 g/mol. The van der Waals surface area contributed by atoms with Gasteiger partial charge in [-0.1, -0.05) is 5.16 Å². The first kappa shape index (κ1) is 12.6. The van der Waals surface area contributed by atoms with Gasteiger partial charge in [-0.3, -0.25) is 0 Å². The molecule has 6 nitrogen and oxygen atoms in total. The summed E-state index contributed by atoms with van der Waals surface area (Å²) in [6.45, 7) is 1.84. The number of anilines is 1. The van der Waals surface area contributed by atoms with Gasteiger partial charge in [0, 0.05) is 32.0 Å². The number of pyridine rings is 1. The van der Waals surface area contributed by atoms with Gasteiger partial charge >= 0.3 is 0 Å². The second-order valence-corrected chi connectivity index (χ2v) is 4.34. The lowest BCUT2D eigenvalue weighted by Gasteiger charge is -2.32. The maximum atomic E-state index is 8.58. The van der Waals surface area contributed by atoms with E-state index < -0.39 is 0 Å². The summed E-state index contributed by atoms with van der Waals surface area (Å²) in [5, 5.41) is 11.5. The van der Waals surface area contributed by atoms with Crippen LogP contribution in [0.5, 0.6) is 0 Å². The molecule has 18 heavy (non-hydrogen) atoms. The second-order valence-electron chi connectivity index (χ2n) is 4.34. The quantitative estimate of drug-likeness (QED) is 0.358. The van der Waals surface area contributed by atoms with Crippen molar-refractivity contribution in [1.29, 1.82) is 0 Å². The zero-order chi connectivity index (χ0) is 13.0. The number of nitrogens with two attached hydrogens (primary N) is 1. The van der Waals surface area contributed by atoms with Crippen LogP contribution in [0.1, 0.15) is 18.4 Å². The Morgan fingerprint density at radius 3 is 3.06 bits per heavy atom. The molecule has 1 atom stereocenters. The molecule has 2 heterocycles. The van der Waals surface area contributed by atoms with Gasteiger partial charge < -0.3 is 20.6 Å². The number of aromatic nitrogens is 1. The van der Waals surface area contributed by atoms with Gasteiger partial charge in [0.05, 0.1) is 6.10 Å². The van der Waals surface area contributed by atoms with Crippen molar-refractivity contribution in [1.82, 2.24) is 4.98 Å². The summed E-state index contributed by atoms with van der Waals surface area (Å²) in [4.78, 5) is 6.53. The van der Waals surface area contributed by atoms with Gasteiger partial charge in [-0.2, -0.15) is 0 Å². The molecule has 1 fully saturated rings. The maximum Gasteiger partial charge on any atom is 0.171 e. The molecule has 0 radical (unpaired) electrons. The summed E-state index contributed by atoms with van der Waals surface area (Å²) in [6.07, 6.45) is 4.07. The third-order valence-corrected chi connectivity index (χ3v) is 3.19. The van der Waals surface area contributed by atoms with Gasteiger partial charge in [0.2, 0.25) is 0 Å². The first-order chi connectivity index (χ1) is 8.74. The smallest absolute Gasteiger partial charge is 0.171 e. The molecule has 1 aliphatic heterocycles. The monoisotopic (exact) mass is 250 g/mol. The Morgan fingerprint density at radius 1 is 1.61 bits per heavy atom. The molecule has 6 heteroatoms. The van der Waals surface area contributed by atoms with E-state index >= 15 is 0 Å². The van der Waals surface area contributed by atoms with Crippen LogP contribution in [0.15, 0.2) is 23.5 Å². The van der Waals surface area contributed by atoms with Crippen molar-refractivity contribution in [2.75, 3.05) is 25.1 Å². The van der Waals surface area contributed by atoms with E-state index in [2.05, 4.69) is 15.0 Å². The molecule has 0 saturated carbocycles. The second kappa shape index (κ2) is 5.68. The Labute approximate surface area is 106 Å². The molecule has 0 aromatic carbocycles. The van der Waals surface area contributed by atoms with Gasteiger partial charge in [-0.15, -0.1) is 0 Å². The fraction of sp³-hybridized carbons (Fsp3) is 0.500. The fourth-order valence-electron chi connectivity index (χ4n) is 2.12. The van der Waals surface area contributed by atoms with Crippen molar-refractivity contribution in [3.8, 4) is 0 Å². The van der Waals surface area contributed by atoms with Crippen LogP contribution < -0.4 is 10.6 Å². The van der Waals surface area contributed by atoms with E-state index in [4.69, 9.17) is 15.7 Å². The van der Waals surface area contributed by atoms with Crippen molar-refractivity contribution in [2.45, 2.75) is 18.9 Å². The zero-order valence-electron chi connectivity index (χ0n) is 10.4. The minimum Gasteiger partial charge on any atom is -0.409 e. The minimum atomic E-state index is 0.0717. The van der Waals surface area contributed by atoms with E-state index in [0.29, 0.717) is 5.56 Å². The van der Waals surface area contributed by atoms with Gasteiger partial charge in [0.25, 0.3) is 0 Å². The lowest BCUT2D eigenvalue weighted by Crippen LogP contribution is -2.39. The molecule has 3 N–H and O–H groups in total. The van der Waals surface area contributed by atoms with Crippen molar-refractivity contribution < 1.29 is 9.94 Å². The number of nitrogens with zero attached hydrogens (tertiary/aromatic N) is 3. The molecule has 1 aromatic heterocycles. The molecule has 2 rings (SSSR count). The largest absolute Gasteiger partial charge is 0.409 e. The lowest BCUT2D eigenvalue weighted by molar-refractivity contribution is 0.0891. The van der Waals surface area contributed by atoms with E-state index in [1.807, 2.05) is 6.07 Å². The van der Waals surface area contributed by atoms with Crippen molar-refractivity contribution in [2.24, 2.45) is 10.9 Å². The van der Waals surface area contributed by atoms with E-state index in [-0.39, 0.29) is 11.9 Å². The van der Waals surface area contributed by atoms with E-state index in [0.717, 1.165) is 31.7 Å². The molecular formula is C12H18N4O2. The number of ether oxygens (including phenoxy) is 1. The topological polar surface area (TPSA) is 84.0 Å². The molecule has 0 bridgehead atoms. The Bertz CT molecular complexity index is 419. The average Bonchev–Trinajstić information content (AvgIpc) is 2.46. The van der Waals surface area contributed by atoms with Crippen LogP contribution in [-0.2, 0) is 4.74 Å². The van der Waals surface area contributed by atoms with Gasteiger partial charge in [-0.25, -0.2) is 4.98 Å². The fourth-order valence-corrected chi connectivity index (χ4v) is 2.12. The number of amidine groups is 1. The first-order valence-electron chi connectivity index (χ1n) is 5.96. The number of oxime groups is 1. The van der Waals surface area contributed by atoms with Crippen molar-refractivity contribution >= 4 is 11.7 Å². The normalized spacial score (nSPS) is 21.1. The number of methoxy groups -OCH3 is 1. The van der Waals surface area contributed by atoms with E-state index in [9.17, 15) is 0 Å². The van der Waals surface area contributed by atoms with Crippen LogP contribution in [0.25, 0.3) is 0 Å². The molecule has 0 aliphatic carbocycles. The highest BCUT2D eigenvalue weighted by Gasteiger charge is 2.20. The Morgan fingerprint density at radius 2 is 2.44 bits per heavy atom. The molecular weight excluding hydrogens is 232 g/mol. The van der Waals surface area contributed by atoms with Crippen LogP contribution in [0.3, 0.4) is 0 Å². The Kier molecular flexibility index (Phi) is 3.99. The summed E-state index contributed by atoms with van der Waals surface area (Å²) in [5.74, 6) is 0.966. The standard InChI is InChI=1S/C12H18N4O2/c1-18-10-3-2-6-16(8-10)11-5-4-9(7-14-11)12(13)15-17/h4-5,7,10,17H,2-3,6,8H2,1H3,(H2,13,15). The van der Waals surface area contributed by atoms with Crippen LogP contribution in [-0.4, -0.2) is 42.3 Å². The third-order valence-electron chi connectivity index (χ3n) is 3.19. The number of hydrogen-bond acceptors (Lipinski definition) is 5. The maximum absolute atomic E-state index is 8.58. The summed E-state index contributed by atoms with van der Waals surface area (Å²) in [7, 11) is 1.74. The zero-order valence-corrected chi connectivity index (χ0v) is 10.4. The van der Waals surface area contributed by atoms with Gasteiger partial charge in [0.15, 0.2) is 5.84 Å². The Balaban J connectivity index is 2.09. The van der Waals surface area contributed by atoms with Gasteiger partial charge in [-0.05, 0) is 25.0 Å². The minimum absolute atomic E-state index is 0.0717. The highest BCUT2D eigenvalue weighted by molar-refractivity contribution is 5.96. The molecule has 0 amide bonds. The number of rotatable bonds is 3. The summed E-state index contributed by atoms with van der Waals surface area (Å²) in [6, 6.07) is 3.68. The van der Waals surface area contributed by atoms with Crippen LogP contribution in [0.2, 0.25) is 0 Å². The van der Waals surface area contributed by atoms with Gasteiger partial charge in [0.1, 0.15) is 5.82 Å². The number of piperidine rings is 1. The molecule has 1 unspecified atom stereocenters. The van der Waals surface area contributed by atoms with Crippen molar-refractivity contribution in [3.63, 3.8) is 0 Å². The Hall–Kier alpha value is -1.82. The molecule has 98 valence electrons. The molecule has 1 saturated heterocycles. The summed E-state index contributed by atoms with van der Waals surface area (Å²) >= 11 is 0. The van der Waals surface area contributed by atoms with Crippen molar-refractivity contribution in [3.05, 3.63) is 23.9 Å². The SMILES string of the molecule is COC1CCCN(c2ccc(/C(N)=N/O)cn2)C1. The summed E-state index contributed by atoms with van der Waals surface area (Å²) < 4.78 is 5.38.